The molecule has 4 aliphatic carbocycles. The molecule has 5 nitrogen and oxygen atoms in total. The zero-order valence-electron chi connectivity index (χ0n) is 15.9. The summed E-state index contributed by atoms with van der Waals surface area (Å²) in [7, 11) is 3.11. The first-order valence-electron chi connectivity index (χ1n) is 9.49. The Morgan fingerprint density at radius 3 is 2.65 bits per heavy atom. The standard InChI is InChI=1S/C21H28O5/c1-10-7-13(25-3)9-12-5-6-21(20(24)26-4)11(2)8-14(22)17-18(21)16(12)15(10)19(17)23/h9,11,14,17-19,22-23H,5-8H2,1-4H3/t11-,14+,17-,18-,19+,21-/m1/s1. The van der Waals surface area contributed by atoms with Gasteiger partial charge in [-0.25, -0.2) is 0 Å². The van der Waals surface area contributed by atoms with E-state index in [0.29, 0.717) is 19.3 Å². The summed E-state index contributed by atoms with van der Waals surface area (Å²) in [5.41, 5.74) is 3.51. The molecule has 2 N–H and O–H groups in total. The zero-order chi connectivity index (χ0) is 18.8. The highest BCUT2D eigenvalue weighted by Gasteiger charge is 2.66. The predicted molar refractivity (Wildman–Crippen MR) is 95.9 cm³/mol. The first-order valence-corrected chi connectivity index (χ1v) is 9.49. The van der Waals surface area contributed by atoms with Gasteiger partial charge in [-0.1, -0.05) is 12.5 Å². The SMILES string of the molecule is COC(=O)[C@@]12CCC3=C4C(=C(C)CC(OC)=C3)[C@H](O)[C@@H]([C@@H]41)[C@@H](O)C[C@H]2C. The van der Waals surface area contributed by atoms with Gasteiger partial charge in [-0.05, 0) is 54.9 Å². The summed E-state index contributed by atoms with van der Waals surface area (Å²) in [6, 6.07) is 0. The predicted octanol–water partition coefficient (Wildman–Crippen LogP) is 2.49. The van der Waals surface area contributed by atoms with Gasteiger partial charge in [0.05, 0.1) is 37.6 Å². The van der Waals surface area contributed by atoms with Gasteiger partial charge in [-0.15, -0.1) is 0 Å². The number of ether oxygens (including phenoxy) is 2. The van der Waals surface area contributed by atoms with Crippen molar-refractivity contribution in [2.45, 2.75) is 51.7 Å². The van der Waals surface area contributed by atoms with Gasteiger partial charge < -0.3 is 19.7 Å². The third kappa shape index (κ3) is 2.07. The smallest absolute Gasteiger partial charge is 0.312 e. The third-order valence-corrected chi connectivity index (χ3v) is 7.34. The van der Waals surface area contributed by atoms with E-state index >= 15 is 0 Å². The fourth-order valence-corrected chi connectivity index (χ4v) is 6.20. The van der Waals surface area contributed by atoms with Crippen molar-refractivity contribution >= 4 is 5.97 Å². The van der Waals surface area contributed by atoms with Crippen LogP contribution in [0.15, 0.2) is 34.1 Å². The highest BCUT2D eigenvalue weighted by atomic mass is 16.5. The molecule has 0 spiro atoms. The van der Waals surface area contributed by atoms with Gasteiger partial charge in [0.2, 0.25) is 0 Å². The van der Waals surface area contributed by atoms with Crippen LogP contribution in [0.3, 0.4) is 0 Å². The topological polar surface area (TPSA) is 76.0 Å². The second-order valence-electron chi connectivity index (χ2n) is 8.36. The Morgan fingerprint density at radius 1 is 1.27 bits per heavy atom. The molecule has 0 saturated heterocycles. The first kappa shape index (κ1) is 17.8. The average Bonchev–Trinajstić information content (AvgIpc) is 2.84. The van der Waals surface area contributed by atoms with Crippen molar-refractivity contribution < 1.29 is 24.5 Å². The molecule has 2 fully saturated rings. The van der Waals surface area contributed by atoms with E-state index in [1.807, 2.05) is 13.8 Å². The number of hydrogen-bond acceptors (Lipinski definition) is 5. The van der Waals surface area contributed by atoms with Gasteiger partial charge in [0.25, 0.3) is 0 Å². The minimum atomic E-state index is -0.751. The number of esters is 1. The minimum absolute atomic E-state index is 0.00114. The summed E-state index contributed by atoms with van der Waals surface area (Å²) in [6.45, 7) is 4.05. The van der Waals surface area contributed by atoms with E-state index in [9.17, 15) is 15.0 Å². The molecule has 4 rings (SSSR count). The van der Waals surface area contributed by atoms with Crippen LogP contribution in [-0.2, 0) is 14.3 Å². The van der Waals surface area contributed by atoms with Gasteiger partial charge in [0.1, 0.15) is 0 Å². The molecule has 0 aromatic heterocycles. The van der Waals surface area contributed by atoms with E-state index in [2.05, 4.69) is 6.08 Å². The van der Waals surface area contributed by atoms with Crippen molar-refractivity contribution in [3.05, 3.63) is 34.1 Å². The second-order valence-corrected chi connectivity index (χ2v) is 8.36. The van der Waals surface area contributed by atoms with E-state index in [4.69, 9.17) is 9.47 Å². The summed E-state index contributed by atoms with van der Waals surface area (Å²) in [6.07, 6.45) is 3.30. The van der Waals surface area contributed by atoms with E-state index in [1.54, 1.807) is 7.11 Å². The maximum absolute atomic E-state index is 13.0. The summed E-state index contributed by atoms with van der Waals surface area (Å²) < 4.78 is 10.8. The van der Waals surface area contributed by atoms with Gasteiger partial charge in [0, 0.05) is 18.3 Å². The minimum Gasteiger partial charge on any atom is -0.501 e. The van der Waals surface area contributed by atoms with Crippen LogP contribution in [0.5, 0.6) is 0 Å². The number of rotatable bonds is 2. The lowest BCUT2D eigenvalue weighted by Crippen LogP contribution is -2.56. The molecule has 4 aliphatic rings. The molecular weight excluding hydrogens is 332 g/mol. The lowest BCUT2D eigenvalue weighted by Gasteiger charge is -2.52. The molecule has 0 radical (unpaired) electrons. The maximum Gasteiger partial charge on any atom is 0.312 e. The van der Waals surface area contributed by atoms with Crippen LogP contribution in [0.2, 0.25) is 0 Å². The van der Waals surface area contributed by atoms with Crippen molar-refractivity contribution in [3.8, 4) is 0 Å². The summed E-state index contributed by atoms with van der Waals surface area (Å²) in [5, 5.41) is 22.0. The molecule has 0 aromatic carbocycles. The van der Waals surface area contributed by atoms with Gasteiger partial charge >= 0.3 is 5.97 Å². The fraction of sp³-hybridized carbons (Fsp3) is 0.667. The molecule has 26 heavy (non-hydrogen) atoms. The van der Waals surface area contributed by atoms with E-state index in [1.165, 1.54) is 7.11 Å². The van der Waals surface area contributed by atoms with Crippen LogP contribution >= 0.6 is 0 Å². The maximum atomic E-state index is 13.0. The Hall–Kier alpha value is -1.59. The molecule has 0 aromatic rings. The number of methoxy groups -OCH3 is 2. The molecule has 6 atom stereocenters. The molecule has 2 saturated carbocycles. The normalized spacial score (nSPS) is 41.5. The van der Waals surface area contributed by atoms with Crippen LogP contribution in [0.4, 0.5) is 0 Å². The Bertz CT molecular complexity index is 746. The van der Waals surface area contributed by atoms with Crippen LogP contribution in [0, 0.1) is 23.2 Å². The number of aliphatic hydroxyl groups excluding tert-OH is 2. The average molecular weight is 360 g/mol. The fourth-order valence-electron chi connectivity index (χ4n) is 6.20. The Labute approximate surface area is 154 Å². The van der Waals surface area contributed by atoms with Crippen molar-refractivity contribution in [1.82, 2.24) is 0 Å². The molecule has 142 valence electrons. The Balaban J connectivity index is 1.99. The van der Waals surface area contributed by atoms with Crippen molar-refractivity contribution in [2.24, 2.45) is 23.2 Å². The molecule has 0 aliphatic heterocycles. The van der Waals surface area contributed by atoms with Crippen LogP contribution in [0.25, 0.3) is 0 Å². The quantitative estimate of drug-likeness (QED) is 0.740. The van der Waals surface area contributed by atoms with E-state index < -0.39 is 17.6 Å². The number of hydrogen-bond donors (Lipinski definition) is 2. The van der Waals surface area contributed by atoms with Gasteiger partial charge in [-0.3, -0.25) is 4.79 Å². The molecule has 0 amide bonds. The summed E-state index contributed by atoms with van der Waals surface area (Å²) in [4.78, 5) is 13.0. The zero-order valence-corrected chi connectivity index (χ0v) is 15.9. The van der Waals surface area contributed by atoms with E-state index in [0.717, 1.165) is 34.5 Å². The third-order valence-electron chi connectivity index (χ3n) is 7.34. The second kappa shape index (κ2) is 5.96. The summed E-state index contributed by atoms with van der Waals surface area (Å²) in [5.74, 6) is 0.125. The summed E-state index contributed by atoms with van der Waals surface area (Å²) >= 11 is 0. The van der Waals surface area contributed by atoms with E-state index in [-0.39, 0.29) is 23.7 Å². The monoisotopic (exact) mass is 360 g/mol. The number of carbonyl (C=O) groups is 1. The van der Waals surface area contributed by atoms with Crippen molar-refractivity contribution in [2.75, 3.05) is 14.2 Å². The molecule has 0 heterocycles. The van der Waals surface area contributed by atoms with Crippen molar-refractivity contribution in [1.29, 1.82) is 0 Å². The van der Waals surface area contributed by atoms with Gasteiger partial charge in [0.15, 0.2) is 0 Å². The highest BCUT2D eigenvalue weighted by Crippen LogP contribution is 2.65. The number of allylic oxidation sites excluding steroid dienone is 3. The van der Waals surface area contributed by atoms with Crippen LogP contribution in [0.1, 0.15) is 39.5 Å². The lowest BCUT2D eigenvalue weighted by atomic mass is 9.51. The van der Waals surface area contributed by atoms with Gasteiger partial charge in [-0.2, -0.15) is 0 Å². The molecule has 5 heteroatoms. The first-order chi connectivity index (χ1) is 12.4. The lowest BCUT2D eigenvalue weighted by molar-refractivity contribution is -0.174. The van der Waals surface area contributed by atoms with Crippen molar-refractivity contribution in [3.63, 3.8) is 0 Å². The Kier molecular flexibility index (Phi) is 4.08. The number of aliphatic hydroxyl groups is 2. The number of carbonyl (C=O) groups excluding carboxylic acids is 1. The largest absolute Gasteiger partial charge is 0.501 e. The highest BCUT2D eigenvalue weighted by molar-refractivity contribution is 5.80. The van der Waals surface area contributed by atoms with Crippen LogP contribution in [-0.4, -0.2) is 42.6 Å². The molecule has 0 bridgehead atoms. The molecule has 0 unspecified atom stereocenters. The van der Waals surface area contributed by atoms with Crippen LogP contribution < -0.4 is 0 Å². The molecular formula is C21H28O5. The Morgan fingerprint density at radius 2 is 2.00 bits per heavy atom.